The summed E-state index contributed by atoms with van der Waals surface area (Å²) in [4.78, 5) is 9.47. The third kappa shape index (κ3) is 13.0. The molecule has 17 aromatic carbocycles. The van der Waals surface area contributed by atoms with Crippen LogP contribution in [0.1, 0.15) is 11.1 Å². The van der Waals surface area contributed by atoms with Crippen molar-refractivity contribution in [2.45, 2.75) is 0 Å². The number of anilines is 12. The van der Waals surface area contributed by atoms with Crippen LogP contribution in [0, 0.1) is 0 Å². The van der Waals surface area contributed by atoms with Crippen molar-refractivity contribution in [2.24, 2.45) is 0 Å². The SMILES string of the molecule is C(=C\c1ccc(N2c3ccccc3B(c3cccc4ccccc34)c3ccccc32)cc1)/c1ccc(N(c2ccccc2)c2ccccc2)cc1.c1ccc(-c2cc(-c3ccccc3)c(B3c4ccccc4N(c4ccc(N(c5ccccc5)c5ccccc5)cc4)c4ccccc43)c(-c3ccccc3)c2)cc1. The highest BCUT2D eigenvalue weighted by Gasteiger charge is 2.39. The Hall–Kier alpha value is -13.9. The summed E-state index contributed by atoms with van der Waals surface area (Å²) < 4.78 is 0. The molecule has 0 spiro atoms. The normalized spacial score (nSPS) is 12.0. The van der Waals surface area contributed by atoms with Gasteiger partial charge in [0.15, 0.2) is 0 Å². The Morgan fingerprint density at radius 2 is 0.500 bits per heavy atom. The Morgan fingerprint density at radius 1 is 0.213 bits per heavy atom. The van der Waals surface area contributed by atoms with E-state index in [9.17, 15) is 0 Å². The van der Waals surface area contributed by atoms with Gasteiger partial charge < -0.3 is 19.6 Å². The van der Waals surface area contributed by atoms with E-state index < -0.39 is 0 Å². The zero-order valence-electron chi connectivity index (χ0n) is 59.7. The highest BCUT2D eigenvalue weighted by molar-refractivity contribution is 7.00. The molecule has 0 saturated carbocycles. The number of hydrogen-bond acceptors (Lipinski definition) is 4. The fourth-order valence-electron chi connectivity index (χ4n) is 16.1. The predicted octanol–water partition coefficient (Wildman–Crippen LogP) is 23.2. The van der Waals surface area contributed by atoms with Crippen molar-refractivity contribution in [3.8, 4) is 33.4 Å². The number of fused-ring (bicyclic) bond motifs is 5. The number of nitrogens with zero attached hydrogens (tertiary/aromatic N) is 4. The molecule has 6 heteroatoms. The molecule has 17 aromatic rings. The van der Waals surface area contributed by atoms with Gasteiger partial charge in [-0.3, -0.25) is 0 Å². The molecule has 508 valence electrons. The van der Waals surface area contributed by atoms with Gasteiger partial charge in [0.1, 0.15) is 0 Å². The Kier molecular flexibility index (Phi) is 18.4. The summed E-state index contributed by atoms with van der Waals surface area (Å²) in [5.74, 6) is 0. The van der Waals surface area contributed by atoms with Crippen molar-refractivity contribution in [1.29, 1.82) is 0 Å². The van der Waals surface area contributed by atoms with Crippen LogP contribution in [-0.2, 0) is 0 Å². The Balaban J connectivity index is 0.000000153. The van der Waals surface area contributed by atoms with Crippen LogP contribution in [0.2, 0.25) is 0 Å². The Bertz CT molecular complexity index is 5750. The third-order valence-electron chi connectivity index (χ3n) is 21.0. The van der Waals surface area contributed by atoms with Gasteiger partial charge in [-0.05, 0) is 211 Å². The van der Waals surface area contributed by atoms with Crippen LogP contribution in [0.3, 0.4) is 0 Å². The molecule has 0 bridgehead atoms. The highest BCUT2D eigenvalue weighted by atomic mass is 15.2. The first-order chi connectivity index (χ1) is 53.6. The zero-order chi connectivity index (χ0) is 72.0. The van der Waals surface area contributed by atoms with Gasteiger partial charge >= 0.3 is 0 Å². The maximum Gasteiger partial charge on any atom is 0.248 e. The van der Waals surface area contributed by atoms with Crippen molar-refractivity contribution in [1.82, 2.24) is 0 Å². The molecule has 2 aliphatic heterocycles. The van der Waals surface area contributed by atoms with Gasteiger partial charge in [0.2, 0.25) is 13.4 Å². The van der Waals surface area contributed by atoms with Gasteiger partial charge in [0.05, 0.1) is 0 Å². The molecule has 0 N–H and O–H groups in total. The molecule has 2 heterocycles. The second-order valence-corrected chi connectivity index (χ2v) is 27.5. The lowest BCUT2D eigenvalue weighted by atomic mass is 9.33. The maximum atomic E-state index is 2.45. The molecular formula is C102H74B2N4. The molecule has 2 aliphatic rings. The van der Waals surface area contributed by atoms with Gasteiger partial charge in [-0.1, -0.05) is 326 Å². The maximum absolute atomic E-state index is 2.45. The van der Waals surface area contributed by atoms with E-state index in [1.165, 1.54) is 99.7 Å². The summed E-state index contributed by atoms with van der Waals surface area (Å²) in [7, 11) is 0. The van der Waals surface area contributed by atoms with E-state index in [0.717, 1.165) is 56.6 Å². The van der Waals surface area contributed by atoms with E-state index in [0.29, 0.717) is 0 Å². The standard InChI is InChI=1S/C54H39BN2.C48H35BN2/c1-6-20-40(21-7-1)43-38-48(41-22-8-2-9-23-41)54(49(39-43)42-24-10-3-11-25-42)55-50-30-16-18-32-52(50)57(53-33-19-17-31-51(53)55)47-36-34-46(35-37-47)56(44-26-12-4-13-27-44)45-28-14-5-15-29-45;1-3-16-39(17-4-1)50(40-18-5-2-6-19-40)41-32-28-36(29-33-41)26-27-37-30-34-42(35-31-37)51-47-24-11-9-21-45(47)49(46-22-10-12-25-48(46)51)44-23-13-15-38-14-7-8-20-43(38)44/h1-39H;1-35H/b;27-26+. The summed E-state index contributed by atoms with van der Waals surface area (Å²) in [5, 5.41) is 2.58. The molecule has 108 heavy (non-hydrogen) atoms. The average Bonchev–Trinajstić information content (AvgIpc) is 0.729. The summed E-state index contributed by atoms with van der Waals surface area (Å²) in [6, 6.07) is 158. The molecule has 0 unspecified atom stereocenters. The fourth-order valence-corrected chi connectivity index (χ4v) is 16.1. The first kappa shape index (κ1) is 66.1. The van der Waals surface area contributed by atoms with Crippen molar-refractivity contribution >= 4 is 137 Å². The molecule has 0 radical (unpaired) electrons. The van der Waals surface area contributed by atoms with Crippen LogP contribution in [-0.4, -0.2) is 13.4 Å². The Labute approximate surface area is 634 Å². The van der Waals surface area contributed by atoms with E-state index in [2.05, 4.69) is 469 Å². The summed E-state index contributed by atoms with van der Waals surface area (Å²) in [5.41, 5.74) is 31.3. The van der Waals surface area contributed by atoms with Crippen LogP contribution in [0.5, 0.6) is 0 Å². The number of hydrogen-bond donors (Lipinski definition) is 0. The molecule has 0 aliphatic carbocycles. The monoisotopic (exact) mass is 1380 g/mol. The zero-order valence-corrected chi connectivity index (χ0v) is 59.7. The smallest absolute Gasteiger partial charge is 0.248 e. The minimum Gasteiger partial charge on any atom is -0.312 e. The van der Waals surface area contributed by atoms with Crippen molar-refractivity contribution in [3.63, 3.8) is 0 Å². The lowest BCUT2D eigenvalue weighted by Crippen LogP contribution is -2.58. The topological polar surface area (TPSA) is 13.0 Å². The van der Waals surface area contributed by atoms with Crippen LogP contribution >= 0.6 is 0 Å². The van der Waals surface area contributed by atoms with Crippen LogP contribution < -0.4 is 52.4 Å². The molecule has 4 nitrogen and oxygen atoms in total. The van der Waals surface area contributed by atoms with Crippen molar-refractivity contribution < 1.29 is 0 Å². The summed E-state index contributed by atoms with van der Waals surface area (Å²) in [6.07, 6.45) is 4.38. The average molecular weight is 1380 g/mol. The van der Waals surface area contributed by atoms with E-state index >= 15 is 0 Å². The van der Waals surface area contributed by atoms with E-state index in [-0.39, 0.29) is 13.4 Å². The highest BCUT2D eigenvalue weighted by Crippen LogP contribution is 2.43. The first-order valence-electron chi connectivity index (χ1n) is 37.2. The molecule has 0 amide bonds. The third-order valence-corrected chi connectivity index (χ3v) is 21.0. The predicted molar refractivity (Wildman–Crippen MR) is 463 cm³/mol. The van der Waals surface area contributed by atoms with Gasteiger partial charge in [0.25, 0.3) is 0 Å². The van der Waals surface area contributed by atoms with Crippen molar-refractivity contribution in [3.05, 3.63) is 448 Å². The number of rotatable bonds is 15. The van der Waals surface area contributed by atoms with Gasteiger partial charge in [0, 0.05) is 68.2 Å². The second kappa shape index (κ2) is 30.0. The minimum absolute atomic E-state index is 0.0326. The fraction of sp³-hybridized carbons (Fsp3) is 0. The quantitative estimate of drug-likeness (QED) is 0.0749. The summed E-state index contributed by atoms with van der Waals surface area (Å²) in [6.45, 7) is 0.107. The van der Waals surface area contributed by atoms with Crippen LogP contribution in [0.4, 0.5) is 68.2 Å². The molecule has 0 fully saturated rings. The van der Waals surface area contributed by atoms with Crippen LogP contribution in [0.25, 0.3) is 56.3 Å². The second-order valence-electron chi connectivity index (χ2n) is 27.5. The lowest BCUT2D eigenvalue weighted by Gasteiger charge is -2.38. The first-order valence-corrected chi connectivity index (χ1v) is 37.2. The lowest BCUT2D eigenvalue weighted by molar-refractivity contribution is 1.26. The molecular weight excluding hydrogens is 1300 g/mol. The molecule has 19 rings (SSSR count). The van der Waals surface area contributed by atoms with E-state index in [1.54, 1.807) is 0 Å². The number of benzene rings is 17. The van der Waals surface area contributed by atoms with Crippen molar-refractivity contribution in [2.75, 3.05) is 19.6 Å². The minimum atomic E-state index is -0.0326. The molecule has 0 atom stereocenters. The molecule has 0 aromatic heterocycles. The largest absolute Gasteiger partial charge is 0.312 e. The van der Waals surface area contributed by atoms with Crippen LogP contribution in [0.15, 0.2) is 437 Å². The molecule has 0 saturated heterocycles. The Morgan fingerprint density at radius 3 is 0.907 bits per heavy atom. The van der Waals surface area contributed by atoms with Gasteiger partial charge in [-0.15, -0.1) is 0 Å². The van der Waals surface area contributed by atoms with E-state index in [4.69, 9.17) is 0 Å². The van der Waals surface area contributed by atoms with Gasteiger partial charge in [-0.2, -0.15) is 0 Å². The number of para-hydroxylation sites is 8. The summed E-state index contributed by atoms with van der Waals surface area (Å²) >= 11 is 0. The van der Waals surface area contributed by atoms with Gasteiger partial charge in [-0.25, -0.2) is 0 Å². The van der Waals surface area contributed by atoms with E-state index in [1.807, 2.05) is 0 Å².